The van der Waals surface area contributed by atoms with E-state index < -0.39 is 0 Å². The van der Waals surface area contributed by atoms with Crippen LogP contribution in [0.4, 0.5) is 0 Å². The third-order valence-electron chi connectivity index (χ3n) is 4.04. The van der Waals surface area contributed by atoms with Gasteiger partial charge >= 0.3 is 0 Å². The van der Waals surface area contributed by atoms with E-state index in [-0.39, 0.29) is 0 Å². The second-order valence-corrected chi connectivity index (χ2v) is 5.90. The van der Waals surface area contributed by atoms with Crippen molar-refractivity contribution in [2.24, 2.45) is 4.99 Å². The average molecular weight is 341 g/mol. The summed E-state index contributed by atoms with van der Waals surface area (Å²) in [6, 6.07) is 12.4. The first-order chi connectivity index (χ1) is 12.1. The summed E-state index contributed by atoms with van der Waals surface area (Å²) in [5, 5.41) is 6.64. The SMILES string of the molecule is CN=C(NCc1ccc(C)c(OC)c1)NCc1ccc(C)cc1OC. The van der Waals surface area contributed by atoms with E-state index in [1.54, 1.807) is 21.3 Å². The molecule has 2 aromatic rings. The van der Waals surface area contributed by atoms with Gasteiger partial charge in [0, 0.05) is 25.7 Å². The van der Waals surface area contributed by atoms with Gasteiger partial charge in [-0.3, -0.25) is 4.99 Å². The second kappa shape index (κ2) is 8.97. The molecule has 0 radical (unpaired) electrons. The molecule has 0 saturated carbocycles. The van der Waals surface area contributed by atoms with Crippen molar-refractivity contribution in [2.45, 2.75) is 26.9 Å². The Kier molecular flexibility index (Phi) is 6.69. The van der Waals surface area contributed by atoms with Crippen LogP contribution >= 0.6 is 0 Å². The van der Waals surface area contributed by atoms with Crippen molar-refractivity contribution < 1.29 is 9.47 Å². The fourth-order valence-corrected chi connectivity index (χ4v) is 2.56. The first-order valence-corrected chi connectivity index (χ1v) is 8.29. The predicted molar refractivity (Wildman–Crippen MR) is 103 cm³/mol. The van der Waals surface area contributed by atoms with E-state index >= 15 is 0 Å². The summed E-state index contributed by atoms with van der Waals surface area (Å²) in [6.07, 6.45) is 0. The van der Waals surface area contributed by atoms with Crippen molar-refractivity contribution >= 4 is 5.96 Å². The zero-order chi connectivity index (χ0) is 18.2. The predicted octanol–water partition coefficient (Wildman–Crippen LogP) is 3.19. The van der Waals surface area contributed by atoms with Gasteiger partial charge in [0.25, 0.3) is 0 Å². The topological polar surface area (TPSA) is 54.9 Å². The number of ether oxygens (including phenoxy) is 2. The van der Waals surface area contributed by atoms with Crippen molar-refractivity contribution in [3.63, 3.8) is 0 Å². The summed E-state index contributed by atoms with van der Waals surface area (Å²) >= 11 is 0. The smallest absolute Gasteiger partial charge is 0.191 e. The number of benzene rings is 2. The number of aliphatic imine (C=N–C) groups is 1. The molecule has 0 atom stereocenters. The van der Waals surface area contributed by atoms with E-state index in [0.717, 1.165) is 34.1 Å². The van der Waals surface area contributed by atoms with Crippen molar-refractivity contribution in [3.05, 3.63) is 58.7 Å². The zero-order valence-electron chi connectivity index (χ0n) is 15.6. The van der Waals surface area contributed by atoms with Crippen LogP contribution in [0, 0.1) is 13.8 Å². The van der Waals surface area contributed by atoms with Gasteiger partial charge in [0.15, 0.2) is 5.96 Å². The molecular formula is C20H27N3O2. The maximum absolute atomic E-state index is 5.44. The van der Waals surface area contributed by atoms with Gasteiger partial charge in [-0.15, -0.1) is 0 Å². The van der Waals surface area contributed by atoms with Crippen LogP contribution in [-0.2, 0) is 13.1 Å². The molecule has 25 heavy (non-hydrogen) atoms. The molecule has 0 amide bonds. The van der Waals surface area contributed by atoms with Crippen molar-refractivity contribution in [1.82, 2.24) is 10.6 Å². The lowest BCUT2D eigenvalue weighted by Crippen LogP contribution is -2.36. The Balaban J connectivity index is 1.95. The number of hydrogen-bond donors (Lipinski definition) is 2. The zero-order valence-corrected chi connectivity index (χ0v) is 15.6. The number of rotatable bonds is 6. The summed E-state index contributed by atoms with van der Waals surface area (Å²) in [5.74, 6) is 2.51. The van der Waals surface area contributed by atoms with Gasteiger partial charge in [-0.25, -0.2) is 0 Å². The lowest BCUT2D eigenvalue weighted by atomic mass is 10.1. The van der Waals surface area contributed by atoms with Gasteiger partial charge in [0.1, 0.15) is 11.5 Å². The molecule has 0 aromatic heterocycles. The molecule has 2 aromatic carbocycles. The van der Waals surface area contributed by atoms with Crippen molar-refractivity contribution in [1.29, 1.82) is 0 Å². The number of nitrogens with one attached hydrogen (secondary N) is 2. The first-order valence-electron chi connectivity index (χ1n) is 8.29. The highest BCUT2D eigenvalue weighted by Gasteiger charge is 2.06. The van der Waals surface area contributed by atoms with Crippen molar-refractivity contribution in [2.75, 3.05) is 21.3 Å². The molecular weight excluding hydrogens is 314 g/mol. The largest absolute Gasteiger partial charge is 0.496 e. The lowest BCUT2D eigenvalue weighted by molar-refractivity contribution is 0.408. The molecule has 0 aliphatic rings. The number of hydrogen-bond acceptors (Lipinski definition) is 3. The molecule has 0 saturated heterocycles. The van der Waals surface area contributed by atoms with Crippen LogP contribution in [-0.4, -0.2) is 27.2 Å². The van der Waals surface area contributed by atoms with Crippen LogP contribution in [0.5, 0.6) is 11.5 Å². The molecule has 0 fully saturated rings. The Morgan fingerprint density at radius 2 is 1.64 bits per heavy atom. The molecule has 0 unspecified atom stereocenters. The molecule has 0 spiro atoms. The first kappa shape index (κ1) is 18.6. The maximum Gasteiger partial charge on any atom is 0.191 e. The molecule has 2 rings (SSSR count). The summed E-state index contributed by atoms with van der Waals surface area (Å²) in [4.78, 5) is 4.27. The quantitative estimate of drug-likeness (QED) is 0.626. The number of guanidine groups is 1. The van der Waals surface area contributed by atoms with E-state index in [1.165, 1.54) is 5.56 Å². The number of methoxy groups -OCH3 is 2. The van der Waals surface area contributed by atoms with E-state index in [2.05, 4.69) is 46.8 Å². The monoisotopic (exact) mass is 341 g/mol. The Morgan fingerprint density at radius 1 is 0.920 bits per heavy atom. The van der Waals surface area contributed by atoms with Gasteiger partial charge in [0.2, 0.25) is 0 Å². The van der Waals surface area contributed by atoms with Gasteiger partial charge < -0.3 is 20.1 Å². The Morgan fingerprint density at radius 3 is 2.32 bits per heavy atom. The fourth-order valence-electron chi connectivity index (χ4n) is 2.56. The Bertz CT molecular complexity index is 742. The van der Waals surface area contributed by atoms with Gasteiger partial charge in [-0.05, 0) is 42.7 Å². The summed E-state index contributed by atoms with van der Waals surface area (Å²) in [6.45, 7) is 5.39. The molecule has 0 aliphatic heterocycles. The minimum absolute atomic E-state index is 0.639. The van der Waals surface area contributed by atoms with Gasteiger partial charge in [-0.1, -0.05) is 24.3 Å². The van der Waals surface area contributed by atoms with Crippen molar-refractivity contribution in [3.8, 4) is 11.5 Å². The van der Waals surface area contributed by atoms with E-state index in [1.807, 2.05) is 19.1 Å². The summed E-state index contributed by atoms with van der Waals surface area (Å²) < 4.78 is 10.8. The standard InChI is InChI=1S/C20H27N3O2/c1-14-6-9-17(19(10-14)25-5)13-23-20(21-3)22-12-16-8-7-15(2)18(11-16)24-4/h6-11H,12-13H2,1-5H3,(H2,21,22,23). The third-order valence-corrected chi connectivity index (χ3v) is 4.04. The second-order valence-electron chi connectivity index (χ2n) is 5.90. The summed E-state index contributed by atoms with van der Waals surface area (Å²) in [7, 11) is 5.14. The van der Waals surface area contributed by atoms with E-state index in [4.69, 9.17) is 9.47 Å². The molecule has 0 aliphatic carbocycles. The minimum atomic E-state index is 0.639. The summed E-state index contributed by atoms with van der Waals surface area (Å²) in [5.41, 5.74) is 4.53. The molecule has 5 nitrogen and oxygen atoms in total. The minimum Gasteiger partial charge on any atom is -0.496 e. The van der Waals surface area contributed by atoms with Crippen LogP contribution in [0.1, 0.15) is 22.3 Å². The average Bonchev–Trinajstić information content (AvgIpc) is 2.63. The highest BCUT2D eigenvalue weighted by Crippen LogP contribution is 2.20. The molecule has 134 valence electrons. The van der Waals surface area contributed by atoms with Crippen LogP contribution in [0.3, 0.4) is 0 Å². The lowest BCUT2D eigenvalue weighted by Gasteiger charge is -2.15. The van der Waals surface area contributed by atoms with Crippen LogP contribution in [0.15, 0.2) is 41.4 Å². The van der Waals surface area contributed by atoms with Crippen LogP contribution in [0.25, 0.3) is 0 Å². The molecule has 5 heteroatoms. The molecule has 0 bridgehead atoms. The van der Waals surface area contributed by atoms with Crippen LogP contribution in [0.2, 0.25) is 0 Å². The highest BCUT2D eigenvalue weighted by molar-refractivity contribution is 5.79. The number of aryl methyl sites for hydroxylation is 2. The van der Waals surface area contributed by atoms with Gasteiger partial charge in [-0.2, -0.15) is 0 Å². The Hall–Kier alpha value is -2.69. The normalized spacial score (nSPS) is 11.2. The number of nitrogens with zero attached hydrogens (tertiary/aromatic N) is 1. The van der Waals surface area contributed by atoms with E-state index in [9.17, 15) is 0 Å². The molecule has 2 N–H and O–H groups in total. The fraction of sp³-hybridized carbons (Fsp3) is 0.350. The highest BCUT2D eigenvalue weighted by atomic mass is 16.5. The molecule has 0 heterocycles. The third kappa shape index (κ3) is 5.14. The maximum atomic E-state index is 5.44. The van der Waals surface area contributed by atoms with Gasteiger partial charge in [0.05, 0.1) is 14.2 Å². The van der Waals surface area contributed by atoms with Crippen LogP contribution < -0.4 is 20.1 Å². The van der Waals surface area contributed by atoms with E-state index in [0.29, 0.717) is 13.1 Å². The Labute approximate surface area is 150 Å².